The molecule has 0 bridgehead atoms. The molecule has 0 fully saturated rings. The van der Waals surface area contributed by atoms with Crippen LogP contribution in [0.1, 0.15) is 26.3 Å². The monoisotopic (exact) mass is 372 g/mol. The molecule has 1 aromatic rings. The first-order valence-corrected chi connectivity index (χ1v) is 7.88. The Labute approximate surface area is 149 Å². The lowest BCUT2D eigenvalue weighted by Crippen LogP contribution is -2.43. The fourth-order valence-corrected chi connectivity index (χ4v) is 2.00. The van der Waals surface area contributed by atoms with Gasteiger partial charge in [0.2, 0.25) is 5.91 Å². The van der Waals surface area contributed by atoms with Gasteiger partial charge in [-0.25, -0.2) is 13.6 Å². The zero-order valence-corrected chi connectivity index (χ0v) is 14.8. The molecular weight excluding hydrogens is 350 g/mol. The first-order valence-electron chi connectivity index (χ1n) is 7.88. The van der Waals surface area contributed by atoms with Gasteiger partial charge in [0.15, 0.2) is 0 Å². The minimum atomic E-state index is -1.25. The van der Waals surface area contributed by atoms with Gasteiger partial charge in [0.1, 0.15) is 23.8 Å². The zero-order chi connectivity index (χ0) is 19.9. The van der Waals surface area contributed by atoms with E-state index < -0.39 is 48.2 Å². The highest BCUT2D eigenvalue weighted by Gasteiger charge is 2.20. The molecular formula is C17H22F2N2O5. The smallest absolute Gasteiger partial charge is 0.407 e. The average Bonchev–Trinajstić information content (AvgIpc) is 2.46. The summed E-state index contributed by atoms with van der Waals surface area (Å²) in [6, 6.07) is 2.78. The highest BCUT2D eigenvalue weighted by Crippen LogP contribution is 2.11. The van der Waals surface area contributed by atoms with E-state index in [9.17, 15) is 23.2 Å². The summed E-state index contributed by atoms with van der Waals surface area (Å²) in [4.78, 5) is 35.7. The van der Waals surface area contributed by atoms with E-state index in [1.54, 1.807) is 20.8 Å². The van der Waals surface area contributed by atoms with Gasteiger partial charge in [-0.05, 0) is 32.4 Å². The molecule has 2 amide bonds. The summed E-state index contributed by atoms with van der Waals surface area (Å²) < 4.78 is 31.6. The molecule has 1 rings (SSSR count). The number of hydrogen-bond acceptors (Lipinski definition) is 4. The van der Waals surface area contributed by atoms with Gasteiger partial charge in [0.25, 0.3) is 0 Å². The Balaban J connectivity index is 2.66. The van der Waals surface area contributed by atoms with Gasteiger partial charge in [-0.3, -0.25) is 9.59 Å². The second-order valence-corrected chi connectivity index (χ2v) is 6.55. The molecule has 0 unspecified atom stereocenters. The molecule has 0 atom stereocenters. The molecule has 0 saturated heterocycles. The van der Waals surface area contributed by atoms with Gasteiger partial charge < -0.3 is 20.1 Å². The van der Waals surface area contributed by atoms with Crippen LogP contribution in [0.2, 0.25) is 0 Å². The van der Waals surface area contributed by atoms with Gasteiger partial charge in [-0.15, -0.1) is 0 Å². The second kappa shape index (κ2) is 9.12. The van der Waals surface area contributed by atoms with Gasteiger partial charge in [-0.1, -0.05) is 6.07 Å². The first kappa shape index (κ1) is 21.3. The highest BCUT2D eigenvalue weighted by atomic mass is 19.1. The highest BCUT2D eigenvalue weighted by molar-refractivity contribution is 5.83. The summed E-state index contributed by atoms with van der Waals surface area (Å²) in [6.07, 6.45) is -1.13. The van der Waals surface area contributed by atoms with E-state index >= 15 is 0 Å². The Morgan fingerprint density at radius 1 is 1.23 bits per heavy atom. The number of amides is 2. The van der Waals surface area contributed by atoms with Crippen molar-refractivity contribution in [2.45, 2.75) is 32.8 Å². The SMILES string of the molecule is CC(C)(C)OC(=O)NCCN(CC(=O)O)C(=O)Cc1ccc(F)cc1F. The molecule has 0 heterocycles. The minimum absolute atomic E-state index is 0.0418. The summed E-state index contributed by atoms with van der Waals surface area (Å²) in [5, 5.41) is 11.3. The van der Waals surface area contributed by atoms with E-state index in [1.165, 1.54) is 0 Å². The summed E-state index contributed by atoms with van der Waals surface area (Å²) in [7, 11) is 0. The van der Waals surface area contributed by atoms with Crippen LogP contribution < -0.4 is 5.32 Å². The Morgan fingerprint density at radius 3 is 2.42 bits per heavy atom. The summed E-state index contributed by atoms with van der Waals surface area (Å²) in [5.74, 6) is -3.58. The quantitative estimate of drug-likeness (QED) is 0.763. The van der Waals surface area contributed by atoms with Crippen LogP contribution in [-0.4, -0.2) is 53.2 Å². The molecule has 0 aliphatic heterocycles. The lowest BCUT2D eigenvalue weighted by atomic mass is 10.1. The molecule has 0 aromatic heterocycles. The van der Waals surface area contributed by atoms with Crippen molar-refractivity contribution in [1.82, 2.24) is 10.2 Å². The number of ether oxygens (including phenoxy) is 1. The van der Waals surface area contributed by atoms with Crippen molar-refractivity contribution in [2.24, 2.45) is 0 Å². The molecule has 0 radical (unpaired) electrons. The van der Waals surface area contributed by atoms with Crippen molar-refractivity contribution >= 4 is 18.0 Å². The summed E-state index contributed by atoms with van der Waals surface area (Å²) in [6.45, 7) is 4.29. The largest absolute Gasteiger partial charge is 0.480 e. The van der Waals surface area contributed by atoms with Crippen LogP contribution in [0.3, 0.4) is 0 Å². The number of rotatable bonds is 7. The Morgan fingerprint density at radius 2 is 1.88 bits per heavy atom. The number of aliphatic carboxylic acids is 1. The van der Waals surface area contributed by atoms with Crippen molar-refractivity contribution in [2.75, 3.05) is 19.6 Å². The van der Waals surface area contributed by atoms with Gasteiger partial charge in [0, 0.05) is 19.2 Å². The predicted molar refractivity (Wildman–Crippen MR) is 88.5 cm³/mol. The lowest BCUT2D eigenvalue weighted by molar-refractivity contribution is -0.144. The number of alkyl carbamates (subject to hydrolysis) is 1. The van der Waals surface area contributed by atoms with E-state index in [-0.39, 0.29) is 18.7 Å². The number of carbonyl (C=O) groups excluding carboxylic acids is 2. The van der Waals surface area contributed by atoms with Gasteiger partial charge in [-0.2, -0.15) is 0 Å². The number of nitrogens with one attached hydrogen (secondary N) is 1. The van der Waals surface area contributed by atoms with Crippen LogP contribution in [-0.2, 0) is 20.7 Å². The molecule has 0 aliphatic carbocycles. The van der Waals surface area contributed by atoms with Crippen LogP contribution in [0, 0.1) is 11.6 Å². The van der Waals surface area contributed by atoms with E-state index in [0.717, 1.165) is 17.0 Å². The van der Waals surface area contributed by atoms with Gasteiger partial charge in [0.05, 0.1) is 6.42 Å². The van der Waals surface area contributed by atoms with Crippen molar-refractivity contribution < 1.29 is 33.0 Å². The van der Waals surface area contributed by atoms with Gasteiger partial charge >= 0.3 is 12.1 Å². The number of carboxylic acids is 1. The Bertz CT molecular complexity index is 674. The van der Waals surface area contributed by atoms with Crippen LogP contribution in [0.15, 0.2) is 18.2 Å². The van der Waals surface area contributed by atoms with E-state index in [1.807, 2.05) is 0 Å². The van der Waals surface area contributed by atoms with Crippen LogP contribution >= 0.6 is 0 Å². The third-order valence-corrected chi connectivity index (χ3v) is 3.09. The number of carboxylic acid groups (broad SMARTS) is 1. The number of benzene rings is 1. The number of hydrogen-bond donors (Lipinski definition) is 2. The van der Waals surface area contributed by atoms with Crippen molar-refractivity contribution in [3.63, 3.8) is 0 Å². The van der Waals surface area contributed by atoms with Crippen molar-refractivity contribution in [1.29, 1.82) is 0 Å². The molecule has 2 N–H and O–H groups in total. The normalized spacial score (nSPS) is 11.0. The van der Waals surface area contributed by atoms with E-state index in [0.29, 0.717) is 6.07 Å². The maximum atomic E-state index is 13.7. The summed E-state index contributed by atoms with van der Waals surface area (Å²) >= 11 is 0. The molecule has 0 aliphatic rings. The predicted octanol–water partition coefficient (Wildman–Crippen LogP) is 1.95. The molecule has 9 heteroatoms. The van der Waals surface area contributed by atoms with Crippen LogP contribution in [0.4, 0.5) is 13.6 Å². The average molecular weight is 372 g/mol. The molecule has 0 saturated carbocycles. The molecule has 0 spiro atoms. The number of halogens is 2. The maximum absolute atomic E-state index is 13.7. The topological polar surface area (TPSA) is 95.9 Å². The fourth-order valence-electron chi connectivity index (χ4n) is 2.00. The third kappa shape index (κ3) is 7.91. The molecule has 1 aromatic carbocycles. The lowest BCUT2D eigenvalue weighted by Gasteiger charge is -2.23. The second-order valence-electron chi connectivity index (χ2n) is 6.55. The fraction of sp³-hybridized carbons (Fsp3) is 0.471. The van der Waals surface area contributed by atoms with E-state index in [2.05, 4.69) is 5.32 Å². The first-order chi connectivity index (χ1) is 12.0. The van der Waals surface area contributed by atoms with Crippen molar-refractivity contribution in [3.05, 3.63) is 35.4 Å². The standard InChI is InChI=1S/C17H22F2N2O5/c1-17(2,3)26-16(25)20-6-7-21(10-15(23)24)14(22)8-11-4-5-12(18)9-13(11)19/h4-5,9H,6-8,10H2,1-3H3,(H,20,25)(H,23,24). The number of carbonyl (C=O) groups is 3. The molecule has 7 nitrogen and oxygen atoms in total. The third-order valence-electron chi connectivity index (χ3n) is 3.09. The maximum Gasteiger partial charge on any atom is 0.407 e. The van der Waals surface area contributed by atoms with Crippen LogP contribution in [0.5, 0.6) is 0 Å². The van der Waals surface area contributed by atoms with Crippen LogP contribution in [0.25, 0.3) is 0 Å². The summed E-state index contributed by atoms with van der Waals surface area (Å²) in [5.41, 5.74) is -0.743. The molecule has 144 valence electrons. The number of nitrogens with zero attached hydrogens (tertiary/aromatic N) is 1. The Hall–Kier alpha value is -2.71. The minimum Gasteiger partial charge on any atom is -0.480 e. The molecule has 26 heavy (non-hydrogen) atoms. The Kier molecular flexibility index (Phi) is 7.48. The zero-order valence-electron chi connectivity index (χ0n) is 14.8. The van der Waals surface area contributed by atoms with Crippen molar-refractivity contribution in [3.8, 4) is 0 Å². The van der Waals surface area contributed by atoms with E-state index in [4.69, 9.17) is 9.84 Å².